The Labute approximate surface area is 143 Å². The molecule has 1 amide bonds. The van der Waals surface area contributed by atoms with E-state index in [9.17, 15) is 4.79 Å². The van der Waals surface area contributed by atoms with E-state index >= 15 is 0 Å². The molecule has 2 aromatic rings. The lowest BCUT2D eigenvalue weighted by atomic mass is 9.90. The second-order valence-corrected chi connectivity index (χ2v) is 6.77. The van der Waals surface area contributed by atoms with Crippen LogP contribution in [0.4, 0.5) is 0 Å². The minimum absolute atomic E-state index is 0.149. The van der Waals surface area contributed by atoms with Crippen molar-refractivity contribution in [3.8, 4) is 0 Å². The molecule has 2 aliphatic rings. The molecule has 1 saturated carbocycles. The molecule has 1 aromatic heterocycles. The van der Waals surface area contributed by atoms with Crippen LogP contribution in [0, 0.1) is 0 Å². The molecule has 0 bridgehead atoms. The smallest absolute Gasteiger partial charge is 0.270 e. The van der Waals surface area contributed by atoms with Gasteiger partial charge in [-0.2, -0.15) is 0 Å². The Morgan fingerprint density at radius 3 is 2.79 bits per heavy atom. The largest absolute Gasteiger partial charge is 0.374 e. The number of ether oxygens (including phenoxy) is 1. The van der Waals surface area contributed by atoms with Crippen LogP contribution in [0.3, 0.4) is 0 Å². The fourth-order valence-corrected chi connectivity index (χ4v) is 4.02. The number of hydrogen-bond acceptors (Lipinski definition) is 2. The molecule has 1 saturated heterocycles. The van der Waals surface area contributed by atoms with Crippen LogP contribution in [0.2, 0.25) is 0 Å². The molecule has 1 aliphatic heterocycles. The van der Waals surface area contributed by atoms with Crippen LogP contribution < -0.4 is 0 Å². The number of amides is 1. The third kappa shape index (κ3) is 2.98. The van der Waals surface area contributed by atoms with Crippen molar-refractivity contribution in [2.75, 3.05) is 13.2 Å². The molecule has 0 spiro atoms. The van der Waals surface area contributed by atoms with Crippen LogP contribution in [-0.4, -0.2) is 40.7 Å². The van der Waals surface area contributed by atoms with Gasteiger partial charge < -0.3 is 14.2 Å². The van der Waals surface area contributed by atoms with Crippen LogP contribution in [0.25, 0.3) is 0 Å². The zero-order valence-electron chi connectivity index (χ0n) is 13.9. The van der Waals surface area contributed by atoms with Gasteiger partial charge in [-0.1, -0.05) is 43.2 Å². The molecule has 2 heterocycles. The lowest BCUT2D eigenvalue weighted by Crippen LogP contribution is -2.55. The van der Waals surface area contributed by atoms with Crippen molar-refractivity contribution < 1.29 is 9.53 Å². The number of carbonyl (C=O) groups excluding carboxylic acids is 1. The summed E-state index contributed by atoms with van der Waals surface area (Å²) in [7, 11) is 0. The molecule has 4 rings (SSSR count). The molecule has 126 valence electrons. The number of morpholine rings is 1. The molecule has 0 N–H and O–H groups in total. The van der Waals surface area contributed by atoms with E-state index in [2.05, 4.69) is 21.6 Å². The molecule has 1 aromatic carbocycles. The number of fused-ring (bicyclic) bond motifs is 1. The number of nitrogens with zero attached hydrogens (tertiary/aromatic N) is 2. The Balaban J connectivity index is 1.55. The summed E-state index contributed by atoms with van der Waals surface area (Å²) in [5.74, 6) is 0.149. The van der Waals surface area contributed by atoms with Gasteiger partial charge in [0.25, 0.3) is 5.91 Å². The van der Waals surface area contributed by atoms with Gasteiger partial charge >= 0.3 is 0 Å². The van der Waals surface area contributed by atoms with Crippen LogP contribution in [-0.2, 0) is 11.3 Å². The highest BCUT2D eigenvalue weighted by Gasteiger charge is 2.37. The molecule has 2 fully saturated rings. The van der Waals surface area contributed by atoms with E-state index in [-0.39, 0.29) is 18.1 Å². The summed E-state index contributed by atoms with van der Waals surface area (Å²) in [6.07, 6.45) is 6.79. The van der Waals surface area contributed by atoms with Gasteiger partial charge in [-0.25, -0.2) is 0 Å². The van der Waals surface area contributed by atoms with Crippen molar-refractivity contribution in [2.24, 2.45) is 0 Å². The molecular weight excluding hydrogens is 300 g/mol. The van der Waals surface area contributed by atoms with Crippen molar-refractivity contribution in [2.45, 2.75) is 44.4 Å². The van der Waals surface area contributed by atoms with Crippen molar-refractivity contribution in [3.05, 3.63) is 59.9 Å². The Kier molecular flexibility index (Phi) is 4.39. The van der Waals surface area contributed by atoms with Gasteiger partial charge in [0.2, 0.25) is 0 Å². The SMILES string of the molecule is O=C(c1cccn1Cc1ccccc1)N1CCO[C@H]2CCCC[C@H]21. The molecule has 4 nitrogen and oxygen atoms in total. The highest BCUT2D eigenvalue weighted by atomic mass is 16.5. The van der Waals surface area contributed by atoms with E-state index in [0.717, 1.165) is 25.1 Å². The highest BCUT2D eigenvalue weighted by molar-refractivity contribution is 5.93. The Hall–Kier alpha value is -2.07. The van der Waals surface area contributed by atoms with Crippen molar-refractivity contribution >= 4 is 5.91 Å². The quantitative estimate of drug-likeness (QED) is 0.868. The summed E-state index contributed by atoms with van der Waals surface area (Å²) in [4.78, 5) is 15.2. The molecule has 4 heteroatoms. The van der Waals surface area contributed by atoms with E-state index in [1.54, 1.807) is 0 Å². The van der Waals surface area contributed by atoms with Crippen molar-refractivity contribution in [1.29, 1.82) is 0 Å². The van der Waals surface area contributed by atoms with Crippen LogP contribution in [0.1, 0.15) is 41.7 Å². The predicted molar refractivity (Wildman–Crippen MR) is 93.0 cm³/mol. The summed E-state index contributed by atoms with van der Waals surface area (Å²) in [5, 5.41) is 0. The number of carbonyl (C=O) groups is 1. The first kappa shape index (κ1) is 15.5. The highest BCUT2D eigenvalue weighted by Crippen LogP contribution is 2.29. The van der Waals surface area contributed by atoms with Crippen molar-refractivity contribution in [1.82, 2.24) is 9.47 Å². The zero-order chi connectivity index (χ0) is 16.4. The number of benzene rings is 1. The Bertz CT molecular complexity index is 693. The summed E-state index contributed by atoms with van der Waals surface area (Å²) in [6, 6.07) is 14.4. The first-order valence-electron chi connectivity index (χ1n) is 8.94. The van der Waals surface area contributed by atoms with Gasteiger partial charge in [-0.15, -0.1) is 0 Å². The van der Waals surface area contributed by atoms with Crippen LogP contribution >= 0.6 is 0 Å². The molecule has 2 atom stereocenters. The Morgan fingerprint density at radius 1 is 1.08 bits per heavy atom. The molecular formula is C20H24N2O2. The van der Waals surface area contributed by atoms with E-state index < -0.39 is 0 Å². The maximum atomic E-state index is 13.2. The Morgan fingerprint density at radius 2 is 1.92 bits per heavy atom. The van der Waals surface area contributed by atoms with Gasteiger partial charge in [-0.05, 0) is 30.5 Å². The average Bonchev–Trinajstić information content (AvgIpc) is 3.09. The van der Waals surface area contributed by atoms with Gasteiger partial charge in [0.05, 0.1) is 18.8 Å². The zero-order valence-corrected chi connectivity index (χ0v) is 13.9. The normalized spacial score (nSPS) is 23.8. The van der Waals surface area contributed by atoms with E-state index in [0.29, 0.717) is 13.2 Å². The maximum absolute atomic E-state index is 13.2. The van der Waals surface area contributed by atoms with Gasteiger partial charge in [0, 0.05) is 19.3 Å². The fraction of sp³-hybridized carbons (Fsp3) is 0.450. The number of aromatic nitrogens is 1. The summed E-state index contributed by atoms with van der Waals surface area (Å²) in [5.41, 5.74) is 1.99. The molecule has 0 radical (unpaired) electrons. The minimum atomic E-state index is 0.149. The van der Waals surface area contributed by atoms with E-state index in [4.69, 9.17) is 4.74 Å². The van der Waals surface area contributed by atoms with Crippen LogP contribution in [0.15, 0.2) is 48.7 Å². The molecule has 24 heavy (non-hydrogen) atoms. The second kappa shape index (κ2) is 6.81. The fourth-order valence-electron chi connectivity index (χ4n) is 4.02. The molecule has 0 unspecified atom stereocenters. The third-order valence-corrected chi connectivity index (χ3v) is 5.24. The second-order valence-electron chi connectivity index (χ2n) is 6.77. The van der Waals surface area contributed by atoms with E-state index in [1.807, 2.05) is 36.5 Å². The van der Waals surface area contributed by atoms with Gasteiger partial charge in [0.15, 0.2) is 0 Å². The van der Waals surface area contributed by atoms with E-state index in [1.165, 1.54) is 18.4 Å². The molecule has 1 aliphatic carbocycles. The summed E-state index contributed by atoms with van der Waals surface area (Å²) >= 11 is 0. The number of hydrogen-bond donors (Lipinski definition) is 0. The summed E-state index contributed by atoms with van der Waals surface area (Å²) in [6.45, 7) is 2.09. The van der Waals surface area contributed by atoms with Gasteiger partial charge in [0.1, 0.15) is 5.69 Å². The topological polar surface area (TPSA) is 34.5 Å². The predicted octanol–water partition coefficient (Wildman–Crippen LogP) is 3.32. The standard InChI is InChI=1S/C20H24N2O2/c23-20(22-13-14-24-19-11-5-4-9-17(19)22)18-10-6-12-21(18)15-16-7-2-1-3-8-16/h1-3,6-8,10,12,17,19H,4-5,9,11,13-15H2/t17-,19+/m1/s1. The van der Waals surface area contributed by atoms with Crippen LogP contribution in [0.5, 0.6) is 0 Å². The first-order chi connectivity index (χ1) is 11.8. The third-order valence-electron chi connectivity index (χ3n) is 5.24. The first-order valence-corrected chi connectivity index (χ1v) is 8.94. The number of rotatable bonds is 3. The minimum Gasteiger partial charge on any atom is -0.374 e. The lowest BCUT2D eigenvalue weighted by molar-refractivity contribution is -0.0755. The van der Waals surface area contributed by atoms with Crippen molar-refractivity contribution in [3.63, 3.8) is 0 Å². The maximum Gasteiger partial charge on any atom is 0.270 e. The monoisotopic (exact) mass is 324 g/mol. The average molecular weight is 324 g/mol. The lowest BCUT2D eigenvalue weighted by Gasteiger charge is -2.43. The summed E-state index contributed by atoms with van der Waals surface area (Å²) < 4.78 is 7.97. The van der Waals surface area contributed by atoms with Gasteiger partial charge in [-0.3, -0.25) is 4.79 Å².